The topological polar surface area (TPSA) is 54.4 Å². The van der Waals surface area contributed by atoms with Crippen molar-refractivity contribution < 1.29 is 14.7 Å². The second-order valence-electron chi connectivity index (χ2n) is 3.77. The van der Waals surface area contributed by atoms with E-state index in [0.29, 0.717) is 0 Å². The van der Waals surface area contributed by atoms with Crippen LogP contribution in [0.15, 0.2) is 6.07 Å². The van der Waals surface area contributed by atoms with Gasteiger partial charge in [0.25, 0.3) is 0 Å². The lowest BCUT2D eigenvalue weighted by atomic mass is 9.99. The maximum absolute atomic E-state index is 11.0. The molecule has 2 rings (SSSR count). The Morgan fingerprint density at radius 2 is 2.07 bits per heavy atom. The average molecular weight is 224 g/mol. The molecule has 0 saturated carbocycles. The molecule has 1 aliphatic carbocycles. The first kappa shape index (κ1) is 10.4. The number of carbonyl (C=O) groups excluding carboxylic acids is 1. The quantitative estimate of drug-likeness (QED) is 0.797. The van der Waals surface area contributed by atoms with Gasteiger partial charge in [-0.2, -0.15) is 0 Å². The number of ketones is 1. The van der Waals surface area contributed by atoms with E-state index >= 15 is 0 Å². The maximum Gasteiger partial charge on any atom is 0.372 e. The second-order valence-corrected chi connectivity index (χ2v) is 4.99. The van der Waals surface area contributed by atoms with Crippen LogP contribution >= 0.6 is 11.3 Å². The summed E-state index contributed by atoms with van der Waals surface area (Å²) in [6, 6.07) is 2.00. The Bertz CT molecular complexity index is 382. The summed E-state index contributed by atoms with van der Waals surface area (Å²) >= 11 is 1.60. The molecule has 80 valence electrons. The van der Waals surface area contributed by atoms with E-state index in [4.69, 9.17) is 5.11 Å². The van der Waals surface area contributed by atoms with Crippen molar-refractivity contribution in [3.05, 3.63) is 21.4 Å². The monoisotopic (exact) mass is 224 g/mol. The lowest BCUT2D eigenvalue weighted by Gasteiger charge is -2.08. The van der Waals surface area contributed by atoms with E-state index in [1.807, 2.05) is 6.07 Å². The van der Waals surface area contributed by atoms with Crippen molar-refractivity contribution in [2.24, 2.45) is 0 Å². The van der Waals surface area contributed by atoms with Crippen LogP contribution in [0.1, 0.15) is 28.2 Å². The summed E-state index contributed by atoms with van der Waals surface area (Å²) in [6.45, 7) is 0. The fourth-order valence-electron chi connectivity index (χ4n) is 1.87. The highest BCUT2D eigenvalue weighted by atomic mass is 32.1. The number of Topliss-reactive ketones (excluding diaryl/α,β-unsaturated/α-hetero) is 1. The van der Waals surface area contributed by atoms with Gasteiger partial charge in [-0.3, -0.25) is 4.79 Å². The molecule has 0 saturated heterocycles. The third-order valence-electron chi connectivity index (χ3n) is 2.62. The Morgan fingerprint density at radius 3 is 2.73 bits per heavy atom. The predicted molar refractivity (Wildman–Crippen MR) is 57.3 cm³/mol. The van der Waals surface area contributed by atoms with Crippen molar-refractivity contribution in [2.45, 2.75) is 32.1 Å². The summed E-state index contributed by atoms with van der Waals surface area (Å²) in [4.78, 5) is 23.7. The molecular weight excluding hydrogens is 212 g/mol. The minimum Gasteiger partial charge on any atom is -0.475 e. The van der Waals surface area contributed by atoms with Gasteiger partial charge in [0.2, 0.25) is 5.78 Å². The molecule has 0 atom stereocenters. The summed E-state index contributed by atoms with van der Waals surface area (Å²) < 4.78 is 0. The van der Waals surface area contributed by atoms with E-state index in [2.05, 4.69) is 0 Å². The number of hydrogen-bond acceptors (Lipinski definition) is 3. The molecule has 1 N–H and O–H groups in total. The number of thiophene rings is 1. The first-order valence-corrected chi connectivity index (χ1v) is 5.85. The van der Waals surface area contributed by atoms with Crippen LogP contribution in [0, 0.1) is 0 Å². The van der Waals surface area contributed by atoms with Crippen LogP contribution in [0.3, 0.4) is 0 Å². The van der Waals surface area contributed by atoms with Gasteiger partial charge >= 0.3 is 5.97 Å². The summed E-state index contributed by atoms with van der Waals surface area (Å²) in [7, 11) is 0. The van der Waals surface area contributed by atoms with Crippen LogP contribution in [-0.2, 0) is 28.9 Å². The number of fused-ring (bicyclic) bond motifs is 1. The van der Waals surface area contributed by atoms with E-state index in [0.717, 1.165) is 17.7 Å². The summed E-state index contributed by atoms with van der Waals surface area (Å²) in [5.41, 5.74) is 1.32. The summed E-state index contributed by atoms with van der Waals surface area (Å²) in [6.07, 6.45) is 4.62. The number of hydrogen-bond donors (Lipinski definition) is 1. The molecule has 15 heavy (non-hydrogen) atoms. The van der Waals surface area contributed by atoms with E-state index in [1.165, 1.54) is 23.3 Å². The van der Waals surface area contributed by atoms with Crippen molar-refractivity contribution in [1.82, 2.24) is 0 Å². The van der Waals surface area contributed by atoms with Crippen molar-refractivity contribution in [1.29, 1.82) is 0 Å². The highest BCUT2D eigenvalue weighted by Crippen LogP contribution is 2.29. The standard InChI is InChI=1S/C11H12O3S/c12-9(11(13)14)6-8-5-7-3-1-2-4-10(7)15-8/h5H,1-4,6H2,(H,13,14). The Morgan fingerprint density at radius 1 is 1.33 bits per heavy atom. The highest BCUT2D eigenvalue weighted by molar-refractivity contribution is 7.12. The number of rotatable bonds is 3. The first-order chi connectivity index (χ1) is 7.16. The third-order valence-corrected chi connectivity index (χ3v) is 3.86. The van der Waals surface area contributed by atoms with Gasteiger partial charge in [0, 0.05) is 9.75 Å². The van der Waals surface area contributed by atoms with Crippen LogP contribution in [0.5, 0.6) is 0 Å². The highest BCUT2D eigenvalue weighted by Gasteiger charge is 2.17. The van der Waals surface area contributed by atoms with Gasteiger partial charge in [0.1, 0.15) is 0 Å². The molecule has 1 heterocycles. The van der Waals surface area contributed by atoms with Gasteiger partial charge in [-0.25, -0.2) is 4.79 Å². The molecule has 0 fully saturated rings. The SMILES string of the molecule is O=C(O)C(=O)Cc1cc2c(s1)CCCC2. The number of carboxylic acids is 1. The third kappa shape index (κ3) is 2.26. The molecule has 4 heteroatoms. The molecule has 0 radical (unpaired) electrons. The number of aryl methyl sites for hydroxylation is 2. The van der Waals surface area contributed by atoms with Crippen LogP contribution in [0.4, 0.5) is 0 Å². The Kier molecular flexibility index (Phi) is 2.86. The van der Waals surface area contributed by atoms with Crippen LogP contribution < -0.4 is 0 Å². The van der Waals surface area contributed by atoms with Crippen molar-refractivity contribution in [3.63, 3.8) is 0 Å². The van der Waals surface area contributed by atoms with Gasteiger partial charge in [-0.15, -0.1) is 11.3 Å². The van der Waals surface area contributed by atoms with Gasteiger partial charge in [0.15, 0.2) is 0 Å². The number of carboxylic acid groups (broad SMARTS) is 1. The number of carbonyl (C=O) groups is 2. The zero-order chi connectivity index (χ0) is 10.8. The largest absolute Gasteiger partial charge is 0.475 e. The second kappa shape index (κ2) is 4.14. The van der Waals surface area contributed by atoms with E-state index in [1.54, 1.807) is 11.3 Å². The van der Waals surface area contributed by atoms with Gasteiger partial charge < -0.3 is 5.11 Å². The van der Waals surface area contributed by atoms with Gasteiger partial charge in [0.05, 0.1) is 6.42 Å². The van der Waals surface area contributed by atoms with Crippen LogP contribution in [0.25, 0.3) is 0 Å². The molecule has 0 unspecified atom stereocenters. The lowest BCUT2D eigenvalue weighted by molar-refractivity contribution is -0.148. The molecule has 0 aliphatic heterocycles. The van der Waals surface area contributed by atoms with Crippen molar-refractivity contribution in [3.8, 4) is 0 Å². The molecule has 0 aromatic carbocycles. The van der Waals surface area contributed by atoms with Crippen molar-refractivity contribution in [2.75, 3.05) is 0 Å². The molecule has 0 spiro atoms. The maximum atomic E-state index is 11.0. The minimum atomic E-state index is -1.33. The zero-order valence-electron chi connectivity index (χ0n) is 8.28. The van der Waals surface area contributed by atoms with Gasteiger partial charge in [-0.05, 0) is 37.3 Å². The molecule has 0 amide bonds. The summed E-state index contributed by atoms with van der Waals surface area (Å²) in [5, 5.41) is 8.50. The first-order valence-electron chi connectivity index (χ1n) is 5.03. The normalized spacial score (nSPS) is 14.7. The Hall–Kier alpha value is -1.16. The van der Waals surface area contributed by atoms with E-state index in [-0.39, 0.29) is 6.42 Å². The fourth-order valence-corrected chi connectivity index (χ4v) is 3.13. The molecule has 1 aromatic heterocycles. The van der Waals surface area contributed by atoms with E-state index in [9.17, 15) is 9.59 Å². The predicted octanol–water partition coefficient (Wildman–Crippen LogP) is 1.82. The Labute approximate surface area is 91.7 Å². The zero-order valence-corrected chi connectivity index (χ0v) is 9.10. The van der Waals surface area contributed by atoms with E-state index < -0.39 is 11.8 Å². The molecular formula is C11H12O3S. The minimum absolute atomic E-state index is 0.0486. The smallest absolute Gasteiger partial charge is 0.372 e. The van der Waals surface area contributed by atoms with Gasteiger partial charge in [-0.1, -0.05) is 0 Å². The molecule has 0 bridgehead atoms. The van der Waals surface area contributed by atoms with Crippen LogP contribution in [-0.4, -0.2) is 16.9 Å². The molecule has 3 nitrogen and oxygen atoms in total. The molecule has 1 aliphatic rings. The number of aliphatic carboxylic acids is 1. The van der Waals surface area contributed by atoms with Crippen LogP contribution in [0.2, 0.25) is 0 Å². The fraction of sp³-hybridized carbons (Fsp3) is 0.455. The lowest BCUT2D eigenvalue weighted by Crippen LogP contribution is -2.14. The Balaban J connectivity index is 2.13. The summed E-state index contributed by atoms with van der Waals surface area (Å²) in [5.74, 6) is -2.05. The molecule has 1 aromatic rings. The van der Waals surface area contributed by atoms with Crippen molar-refractivity contribution >= 4 is 23.1 Å². The average Bonchev–Trinajstić information content (AvgIpc) is 2.59.